The van der Waals surface area contributed by atoms with Crippen LogP contribution in [0.2, 0.25) is 0 Å². The third kappa shape index (κ3) is 4.53. The minimum Gasteiger partial charge on any atom is -0.478 e. The van der Waals surface area contributed by atoms with Crippen molar-refractivity contribution < 1.29 is 19.5 Å². The van der Waals surface area contributed by atoms with Crippen LogP contribution in [0.25, 0.3) is 32.6 Å². The summed E-state index contributed by atoms with van der Waals surface area (Å²) >= 11 is 1.39. The maximum atomic E-state index is 13.4. The fourth-order valence-corrected chi connectivity index (χ4v) is 5.78. The maximum absolute atomic E-state index is 13.4. The van der Waals surface area contributed by atoms with Crippen LogP contribution in [0.5, 0.6) is 0 Å². The van der Waals surface area contributed by atoms with E-state index < -0.39 is 11.9 Å². The molecular weight excluding hydrogens is 508 g/mol. The number of carbonyl (C=O) groups excluding carboxylic acids is 2. The molecule has 0 atom stereocenters. The number of nitrogens with one attached hydrogen (secondary N) is 1. The molecule has 0 aliphatic rings. The highest BCUT2D eigenvalue weighted by atomic mass is 32.2. The number of carboxylic acids is 1. The molecule has 0 aliphatic carbocycles. The molecule has 0 saturated heterocycles. The highest BCUT2D eigenvalue weighted by molar-refractivity contribution is 8.00. The lowest BCUT2D eigenvalue weighted by Gasteiger charge is -2.11. The summed E-state index contributed by atoms with van der Waals surface area (Å²) in [4.78, 5) is 39.2. The second-order valence-electron chi connectivity index (χ2n) is 9.05. The van der Waals surface area contributed by atoms with Crippen molar-refractivity contribution in [3.63, 3.8) is 0 Å². The minimum atomic E-state index is -1.09. The van der Waals surface area contributed by atoms with Crippen molar-refractivity contribution in [3.8, 4) is 0 Å². The average Bonchev–Trinajstić information content (AvgIpc) is 3.30. The van der Waals surface area contributed by atoms with E-state index >= 15 is 0 Å². The molecule has 5 aromatic carbocycles. The largest absolute Gasteiger partial charge is 0.478 e. The lowest BCUT2D eigenvalue weighted by Crippen LogP contribution is -2.14. The lowest BCUT2D eigenvalue weighted by atomic mass is 9.98. The lowest BCUT2D eigenvalue weighted by molar-refractivity contribution is 0.0698. The Bertz CT molecular complexity index is 1870. The number of rotatable bonds is 6. The molecule has 39 heavy (non-hydrogen) atoms. The molecule has 0 fully saturated rings. The molecule has 2 N–H and O–H groups in total. The number of carbonyl (C=O) groups is 3. The van der Waals surface area contributed by atoms with E-state index in [0.717, 1.165) is 26.7 Å². The fraction of sp³-hybridized carbons (Fsp3) is 0.0312. The molecule has 0 radical (unpaired) electrons. The summed E-state index contributed by atoms with van der Waals surface area (Å²) in [6.07, 6.45) is 0. The zero-order valence-corrected chi connectivity index (χ0v) is 21.4. The Hall–Kier alpha value is -4.88. The van der Waals surface area contributed by atoms with Gasteiger partial charge < -0.3 is 10.4 Å². The Labute approximate surface area is 227 Å². The zero-order valence-electron chi connectivity index (χ0n) is 20.6. The van der Waals surface area contributed by atoms with Gasteiger partial charge in [-0.15, -0.1) is 11.8 Å². The first-order valence-electron chi connectivity index (χ1n) is 12.3. The quantitative estimate of drug-likeness (QED) is 0.220. The zero-order chi connectivity index (χ0) is 26.9. The molecule has 6 aromatic rings. The standard InChI is InChI=1S/C32H22N2O4S/c35-29(34-27-16-3-1-12-23(27)24-13-2-4-17-28(24)34)19-39-22-11-7-10-21(18-22)33-31(36)25-14-5-8-20-9-6-15-26(30(20)25)32(37)38/h1-18H,19H2,(H,33,36)(H,37,38). The van der Waals surface area contributed by atoms with Crippen LogP contribution in [0.15, 0.2) is 114 Å². The van der Waals surface area contributed by atoms with E-state index in [-0.39, 0.29) is 22.8 Å². The van der Waals surface area contributed by atoms with Gasteiger partial charge in [-0.1, -0.05) is 66.7 Å². The predicted molar refractivity (Wildman–Crippen MR) is 156 cm³/mol. The topological polar surface area (TPSA) is 88.4 Å². The molecule has 1 amide bonds. The van der Waals surface area contributed by atoms with Crippen LogP contribution in [0, 0.1) is 0 Å². The molecule has 7 heteroatoms. The molecule has 0 unspecified atom stereocenters. The average molecular weight is 531 g/mol. The molecule has 0 bridgehead atoms. The number of nitrogens with zero attached hydrogens (tertiary/aromatic N) is 1. The first kappa shape index (κ1) is 24.5. The van der Waals surface area contributed by atoms with Crippen LogP contribution in [0.3, 0.4) is 0 Å². The van der Waals surface area contributed by atoms with E-state index in [1.54, 1.807) is 41.0 Å². The summed E-state index contributed by atoms with van der Waals surface area (Å²) in [5.41, 5.74) is 2.66. The van der Waals surface area contributed by atoms with Gasteiger partial charge >= 0.3 is 5.97 Å². The fourth-order valence-electron chi connectivity index (χ4n) is 4.97. The van der Waals surface area contributed by atoms with Gasteiger partial charge in [-0.3, -0.25) is 14.2 Å². The first-order chi connectivity index (χ1) is 19.0. The van der Waals surface area contributed by atoms with E-state index in [2.05, 4.69) is 5.32 Å². The molecular formula is C32H22N2O4S. The van der Waals surface area contributed by atoms with E-state index in [1.807, 2.05) is 66.7 Å². The van der Waals surface area contributed by atoms with E-state index in [0.29, 0.717) is 16.5 Å². The van der Waals surface area contributed by atoms with Crippen LogP contribution in [0.4, 0.5) is 5.69 Å². The van der Waals surface area contributed by atoms with Crippen LogP contribution in [0.1, 0.15) is 25.5 Å². The Morgan fingerprint density at radius 1 is 0.718 bits per heavy atom. The highest BCUT2D eigenvalue weighted by Crippen LogP contribution is 2.30. The summed E-state index contributed by atoms with van der Waals surface area (Å²) in [6.45, 7) is 0. The van der Waals surface area contributed by atoms with Gasteiger partial charge in [0.1, 0.15) is 0 Å². The molecule has 0 saturated carbocycles. The van der Waals surface area contributed by atoms with Crippen molar-refractivity contribution in [2.24, 2.45) is 0 Å². The summed E-state index contributed by atoms with van der Waals surface area (Å²) in [5, 5.41) is 15.7. The van der Waals surface area contributed by atoms with E-state index in [4.69, 9.17) is 0 Å². The van der Waals surface area contributed by atoms with Gasteiger partial charge in [-0.25, -0.2) is 4.79 Å². The molecule has 1 heterocycles. The smallest absolute Gasteiger partial charge is 0.336 e. The molecule has 0 spiro atoms. The number of benzene rings is 5. The monoisotopic (exact) mass is 530 g/mol. The Morgan fingerprint density at radius 2 is 1.33 bits per heavy atom. The molecule has 6 rings (SSSR count). The second kappa shape index (κ2) is 10.1. The third-order valence-electron chi connectivity index (χ3n) is 6.66. The van der Waals surface area contributed by atoms with Crippen LogP contribution in [-0.4, -0.2) is 33.2 Å². The Kier molecular flexibility index (Phi) is 6.34. The van der Waals surface area contributed by atoms with Crippen molar-refractivity contribution >= 4 is 67.8 Å². The molecule has 6 nitrogen and oxygen atoms in total. The molecule has 1 aromatic heterocycles. The van der Waals surface area contributed by atoms with Gasteiger partial charge in [0, 0.05) is 32.3 Å². The minimum absolute atomic E-state index is 0.0382. The van der Waals surface area contributed by atoms with Crippen LogP contribution in [-0.2, 0) is 0 Å². The number of carboxylic acid groups (broad SMARTS) is 1. The number of fused-ring (bicyclic) bond motifs is 4. The molecule has 0 aliphatic heterocycles. The summed E-state index contributed by atoms with van der Waals surface area (Å²) in [7, 11) is 0. The number of aromatic carboxylic acids is 1. The summed E-state index contributed by atoms with van der Waals surface area (Å²) < 4.78 is 1.77. The van der Waals surface area contributed by atoms with Gasteiger partial charge in [0.25, 0.3) is 5.91 Å². The molecule has 190 valence electrons. The Morgan fingerprint density at radius 3 is 2.00 bits per heavy atom. The van der Waals surface area contributed by atoms with Gasteiger partial charge in [0.2, 0.25) is 5.91 Å². The number of thioether (sulfide) groups is 1. The number of para-hydroxylation sites is 2. The maximum Gasteiger partial charge on any atom is 0.336 e. The second-order valence-corrected chi connectivity index (χ2v) is 10.1. The predicted octanol–water partition coefficient (Wildman–Crippen LogP) is 7.33. The van der Waals surface area contributed by atoms with Crippen molar-refractivity contribution in [3.05, 3.63) is 120 Å². The number of anilines is 1. The van der Waals surface area contributed by atoms with Gasteiger partial charge in [-0.05, 0) is 47.9 Å². The number of hydrogen-bond acceptors (Lipinski definition) is 4. The van der Waals surface area contributed by atoms with Gasteiger partial charge in [-0.2, -0.15) is 0 Å². The van der Waals surface area contributed by atoms with Crippen molar-refractivity contribution in [2.75, 3.05) is 11.1 Å². The number of amides is 1. The third-order valence-corrected chi connectivity index (χ3v) is 7.64. The summed E-state index contributed by atoms with van der Waals surface area (Å²) in [6, 6.07) is 33.1. The van der Waals surface area contributed by atoms with Crippen molar-refractivity contribution in [2.45, 2.75) is 4.90 Å². The normalized spacial score (nSPS) is 11.2. The number of aromatic nitrogens is 1. The number of hydrogen-bond donors (Lipinski definition) is 2. The van der Waals surface area contributed by atoms with Gasteiger partial charge in [0.15, 0.2) is 0 Å². The van der Waals surface area contributed by atoms with Crippen LogP contribution >= 0.6 is 11.8 Å². The SMILES string of the molecule is O=C(O)c1cccc2cccc(C(=O)Nc3cccc(SCC(=O)n4c5ccccc5c5ccccc54)c3)c12. The van der Waals surface area contributed by atoms with Gasteiger partial charge in [0.05, 0.1) is 22.3 Å². The van der Waals surface area contributed by atoms with Crippen molar-refractivity contribution in [1.29, 1.82) is 0 Å². The van der Waals surface area contributed by atoms with E-state index in [1.165, 1.54) is 17.8 Å². The highest BCUT2D eigenvalue weighted by Gasteiger charge is 2.18. The van der Waals surface area contributed by atoms with Crippen molar-refractivity contribution in [1.82, 2.24) is 4.57 Å². The van der Waals surface area contributed by atoms with Crippen LogP contribution < -0.4 is 5.32 Å². The summed E-state index contributed by atoms with van der Waals surface area (Å²) in [5.74, 6) is -1.32. The Balaban J connectivity index is 1.23. The van der Waals surface area contributed by atoms with E-state index in [9.17, 15) is 19.5 Å². The first-order valence-corrected chi connectivity index (χ1v) is 13.3.